The minimum atomic E-state index is -3.69. The Kier molecular flexibility index (Phi) is 4.83. The molecule has 0 N–H and O–H groups in total. The Labute approximate surface area is 143 Å². The molecule has 1 aromatic rings. The number of benzene rings is 1. The van der Waals surface area contributed by atoms with Crippen molar-refractivity contribution in [2.24, 2.45) is 0 Å². The smallest absolute Gasteiger partial charge is 0.253 e. The van der Waals surface area contributed by atoms with Crippen molar-refractivity contribution in [2.45, 2.75) is 43.5 Å². The molecule has 132 valence electrons. The molecule has 0 aliphatic carbocycles. The topological polar surface area (TPSA) is 66.9 Å². The third-order valence-corrected chi connectivity index (χ3v) is 6.92. The number of piperidine rings is 1. The van der Waals surface area contributed by atoms with Crippen LogP contribution in [0.4, 0.5) is 0 Å². The fourth-order valence-corrected chi connectivity index (χ4v) is 5.15. The Hall–Kier alpha value is -1.60. The number of carbonyl (C=O) groups excluding carboxylic acids is 1. The Bertz CT molecular complexity index is 728. The van der Waals surface area contributed by atoms with Crippen molar-refractivity contribution in [3.63, 3.8) is 0 Å². The van der Waals surface area contributed by atoms with Crippen molar-refractivity contribution in [1.82, 2.24) is 9.21 Å². The zero-order valence-electron chi connectivity index (χ0n) is 14.2. The van der Waals surface area contributed by atoms with Crippen LogP contribution in [0, 0.1) is 0 Å². The van der Waals surface area contributed by atoms with Crippen molar-refractivity contribution in [1.29, 1.82) is 0 Å². The van der Waals surface area contributed by atoms with Gasteiger partial charge in [0, 0.05) is 31.2 Å². The lowest BCUT2D eigenvalue weighted by Gasteiger charge is -2.33. The van der Waals surface area contributed by atoms with Gasteiger partial charge in [-0.15, -0.1) is 0 Å². The maximum atomic E-state index is 13.1. The monoisotopic (exact) mass is 352 g/mol. The fraction of sp³-hybridized carbons (Fsp3) is 0.588. The first-order chi connectivity index (χ1) is 11.4. The van der Waals surface area contributed by atoms with Crippen molar-refractivity contribution in [3.05, 3.63) is 23.8 Å². The van der Waals surface area contributed by atoms with Gasteiger partial charge in [-0.25, -0.2) is 8.42 Å². The fourth-order valence-electron chi connectivity index (χ4n) is 3.27. The molecule has 0 spiro atoms. The maximum Gasteiger partial charge on any atom is 0.253 e. The van der Waals surface area contributed by atoms with Crippen LogP contribution in [-0.4, -0.2) is 56.3 Å². The third-order valence-electron chi connectivity index (χ3n) is 4.88. The Morgan fingerprint density at radius 1 is 1.17 bits per heavy atom. The summed E-state index contributed by atoms with van der Waals surface area (Å²) < 4.78 is 33.0. The number of methoxy groups -OCH3 is 1. The van der Waals surface area contributed by atoms with Gasteiger partial charge in [0.1, 0.15) is 10.6 Å². The van der Waals surface area contributed by atoms with Crippen LogP contribution in [0.15, 0.2) is 23.1 Å². The summed E-state index contributed by atoms with van der Waals surface area (Å²) in [4.78, 5) is 14.2. The first-order valence-corrected chi connectivity index (χ1v) is 9.88. The van der Waals surface area contributed by atoms with Crippen LogP contribution in [0.3, 0.4) is 0 Å². The van der Waals surface area contributed by atoms with Gasteiger partial charge in [-0.1, -0.05) is 6.42 Å². The number of carbonyl (C=O) groups is 1. The molecule has 2 heterocycles. The highest BCUT2D eigenvalue weighted by atomic mass is 32.2. The van der Waals surface area contributed by atoms with Gasteiger partial charge in [-0.3, -0.25) is 4.79 Å². The van der Waals surface area contributed by atoms with E-state index in [-0.39, 0.29) is 22.6 Å². The molecule has 6 nitrogen and oxygen atoms in total. The van der Waals surface area contributed by atoms with Gasteiger partial charge in [0.2, 0.25) is 10.0 Å². The number of sulfonamides is 1. The number of ether oxygens (including phenoxy) is 1. The average molecular weight is 352 g/mol. The number of amides is 1. The van der Waals surface area contributed by atoms with Crippen molar-refractivity contribution < 1.29 is 17.9 Å². The van der Waals surface area contributed by atoms with E-state index < -0.39 is 10.0 Å². The van der Waals surface area contributed by atoms with Crippen molar-refractivity contribution >= 4 is 15.9 Å². The van der Waals surface area contributed by atoms with Crippen LogP contribution in [0.5, 0.6) is 5.75 Å². The van der Waals surface area contributed by atoms with Gasteiger partial charge in [-0.05, 0) is 44.4 Å². The molecule has 0 radical (unpaired) electrons. The largest absolute Gasteiger partial charge is 0.495 e. The first-order valence-electron chi connectivity index (χ1n) is 8.44. The summed E-state index contributed by atoms with van der Waals surface area (Å²) in [6.07, 6.45) is 3.75. The van der Waals surface area contributed by atoms with Crippen LogP contribution in [0.2, 0.25) is 0 Å². The predicted molar refractivity (Wildman–Crippen MR) is 90.7 cm³/mol. The molecule has 3 rings (SSSR count). The first kappa shape index (κ1) is 17.2. The molecule has 0 aromatic heterocycles. The summed E-state index contributed by atoms with van der Waals surface area (Å²) in [6, 6.07) is 4.64. The molecule has 0 saturated carbocycles. The summed E-state index contributed by atoms with van der Waals surface area (Å²) in [5.74, 6) is 0.167. The van der Waals surface area contributed by atoms with Crippen molar-refractivity contribution in [3.8, 4) is 5.75 Å². The van der Waals surface area contributed by atoms with E-state index >= 15 is 0 Å². The number of likely N-dealkylation sites (tertiary alicyclic amines) is 1. The molecule has 2 aliphatic rings. The summed E-state index contributed by atoms with van der Waals surface area (Å²) >= 11 is 0. The molecule has 7 heteroatoms. The molecule has 2 aliphatic heterocycles. The van der Waals surface area contributed by atoms with E-state index in [2.05, 4.69) is 0 Å². The molecule has 2 fully saturated rings. The van der Waals surface area contributed by atoms with Gasteiger partial charge in [0.15, 0.2) is 0 Å². The molecular formula is C17H24N2O4S. The lowest BCUT2D eigenvalue weighted by molar-refractivity contribution is 0.0651. The van der Waals surface area contributed by atoms with E-state index in [0.717, 1.165) is 38.8 Å². The summed E-state index contributed by atoms with van der Waals surface area (Å²) in [5, 5.41) is 0. The summed E-state index contributed by atoms with van der Waals surface area (Å²) in [7, 11) is -2.24. The second-order valence-electron chi connectivity index (χ2n) is 6.47. The highest BCUT2D eigenvalue weighted by molar-refractivity contribution is 7.89. The molecule has 24 heavy (non-hydrogen) atoms. The molecule has 0 bridgehead atoms. The molecule has 1 unspecified atom stereocenters. The minimum absolute atomic E-state index is 0.0387. The highest BCUT2D eigenvalue weighted by Gasteiger charge is 2.34. The highest BCUT2D eigenvalue weighted by Crippen LogP contribution is 2.32. The van der Waals surface area contributed by atoms with E-state index in [1.807, 2.05) is 6.92 Å². The lowest BCUT2D eigenvalue weighted by Crippen LogP contribution is -2.43. The Morgan fingerprint density at radius 2 is 1.92 bits per heavy atom. The second-order valence-corrected chi connectivity index (χ2v) is 8.33. The molecule has 1 amide bonds. The average Bonchev–Trinajstić information content (AvgIpc) is 2.52. The van der Waals surface area contributed by atoms with Crippen LogP contribution >= 0.6 is 0 Å². The van der Waals surface area contributed by atoms with Gasteiger partial charge in [0.05, 0.1) is 7.11 Å². The molecule has 1 atom stereocenters. The second kappa shape index (κ2) is 6.72. The van der Waals surface area contributed by atoms with E-state index in [0.29, 0.717) is 12.1 Å². The zero-order chi connectivity index (χ0) is 17.3. The van der Waals surface area contributed by atoms with Gasteiger partial charge >= 0.3 is 0 Å². The Balaban J connectivity index is 1.99. The van der Waals surface area contributed by atoms with Crippen LogP contribution < -0.4 is 4.74 Å². The molecular weight excluding hydrogens is 328 g/mol. The third kappa shape index (κ3) is 3.02. The van der Waals surface area contributed by atoms with Crippen LogP contribution in [0.1, 0.15) is 43.0 Å². The van der Waals surface area contributed by atoms with Gasteiger partial charge in [0.25, 0.3) is 5.91 Å². The van der Waals surface area contributed by atoms with E-state index in [4.69, 9.17) is 4.74 Å². The summed E-state index contributed by atoms with van der Waals surface area (Å²) in [5.41, 5.74) is 0.402. The van der Waals surface area contributed by atoms with Crippen molar-refractivity contribution in [2.75, 3.05) is 26.7 Å². The molecule has 1 aromatic carbocycles. The number of hydrogen-bond acceptors (Lipinski definition) is 4. The molecule has 2 saturated heterocycles. The minimum Gasteiger partial charge on any atom is -0.495 e. The van der Waals surface area contributed by atoms with Gasteiger partial charge < -0.3 is 9.64 Å². The number of rotatable bonds is 4. The van der Waals surface area contributed by atoms with Gasteiger partial charge in [-0.2, -0.15) is 4.31 Å². The normalized spacial score (nSPS) is 22.1. The van der Waals surface area contributed by atoms with E-state index in [1.165, 1.54) is 17.5 Å². The van der Waals surface area contributed by atoms with Crippen LogP contribution in [-0.2, 0) is 10.0 Å². The number of nitrogens with zero attached hydrogens (tertiary/aromatic N) is 2. The lowest BCUT2D eigenvalue weighted by atomic mass is 10.1. The SMILES string of the molecule is COc1ccc(C(=O)N2CCC2)cc1S(=O)(=O)N1CCCCC1C. The number of hydrogen-bond donors (Lipinski definition) is 0. The standard InChI is InChI=1S/C17H24N2O4S/c1-13-6-3-4-11-19(13)24(21,22)16-12-14(7-8-15(16)23-2)17(20)18-9-5-10-18/h7-8,12-13H,3-6,9-11H2,1-2H3. The quantitative estimate of drug-likeness (QED) is 0.832. The van der Waals surface area contributed by atoms with E-state index in [1.54, 1.807) is 17.0 Å². The zero-order valence-corrected chi connectivity index (χ0v) is 15.0. The predicted octanol–water partition coefficient (Wildman–Crippen LogP) is 2.10. The maximum absolute atomic E-state index is 13.1. The van der Waals surface area contributed by atoms with Crippen LogP contribution in [0.25, 0.3) is 0 Å². The summed E-state index contributed by atoms with van der Waals surface area (Å²) in [6.45, 7) is 3.90. The Morgan fingerprint density at radius 3 is 2.50 bits per heavy atom. The van der Waals surface area contributed by atoms with E-state index in [9.17, 15) is 13.2 Å².